The molecule has 0 saturated carbocycles. The van der Waals surface area contributed by atoms with E-state index in [-0.39, 0.29) is 17.9 Å². The zero-order valence-electron chi connectivity index (χ0n) is 14.3. The molecular weight excluding hydrogens is 356 g/mol. The molecule has 2 heterocycles. The SMILES string of the molecule is C=CC(=O)N1CC(n2ccc(NC(=O)C(C)Oc3ccc(Cl)cc3)n2)C1. The summed E-state index contributed by atoms with van der Waals surface area (Å²) in [5, 5.41) is 7.67. The fraction of sp³-hybridized carbons (Fsp3) is 0.278. The van der Waals surface area contributed by atoms with Crippen LogP contribution in [0.2, 0.25) is 5.02 Å². The highest BCUT2D eigenvalue weighted by molar-refractivity contribution is 6.30. The molecule has 1 fully saturated rings. The maximum Gasteiger partial charge on any atom is 0.266 e. The number of carbonyl (C=O) groups excluding carboxylic acids is 2. The number of likely N-dealkylation sites (tertiary alicyclic amines) is 1. The van der Waals surface area contributed by atoms with Crippen LogP contribution in [0.4, 0.5) is 5.82 Å². The molecule has 2 aromatic rings. The van der Waals surface area contributed by atoms with Gasteiger partial charge in [0.25, 0.3) is 5.91 Å². The monoisotopic (exact) mass is 374 g/mol. The summed E-state index contributed by atoms with van der Waals surface area (Å²) in [6.07, 6.45) is 2.39. The van der Waals surface area contributed by atoms with E-state index in [1.165, 1.54) is 6.08 Å². The van der Waals surface area contributed by atoms with E-state index in [0.717, 1.165) is 0 Å². The van der Waals surface area contributed by atoms with E-state index < -0.39 is 6.10 Å². The van der Waals surface area contributed by atoms with Crippen molar-refractivity contribution in [3.8, 4) is 5.75 Å². The van der Waals surface area contributed by atoms with Crippen LogP contribution in [0.25, 0.3) is 0 Å². The summed E-state index contributed by atoms with van der Waals surface area (Å²) in [5.41, 5.74) is 0. The number of anilines is 1. The van der Waals surface area contributed by atoms with Crippen LogP contribution in [0.15, 0.2) is 49.2 Å². The van der Waals surface area contributed by atoms with Gasteiger partial charge < -0.3 is 15.0 Å². The highest BCUT2D eigenvalue weighted by Crippen LogP contribution is 2.22. The molecule has 0 bridgehead atoms. The van der Waals surface area contributed by atoms with Gasteiger partial charge in [0, 0.05) is 30.4 Å². The first-order valence-electron chi connectivity index (χ1n) is 8.16. The van der Waals surface area contributed by atoms with Crippen LogP contribution in [0, 0.1) is 0 Å². The lowest BCUT2D eigenvalue weighted by atomic mass is 10.1. The molecule has 1 aromatic carbocycles. The average molecular weight is 375 g/mol. The van der Waals surface area contributed by atoms with E-state index in [9.17, 15) is 9.59 Å². The zero-order chi connectivity index (χ0) is 18.7. The van der Waals surface area contributed by atoms with Gasteiger partial charge in [0.15, 0.2) is 11.9 Å². The molecule has 1 N–H and O–H groups in total. The number of carbonyl (C=O) groups is 2. The highest BCUT2D eigenvalue weighted by atomic mass is 35.5. The number of aromatic nitrogens is 2. The lowest BCUT2D eigenvalue weighted by molar-refractivity contribution is -0.131. The van der Waals surface area contributed by atoms with Crippen molar-refractivity contribution in [1.29, 1.82) is 0 Å². The van der Waals surface area contributed by atoms with E-state index >= 15 is 0 Å². The topological polar surface area (TPSA) is 76.5 Å². The Kier molecular flexibility index (Phi) is 5.27. The number of hydrogen-bond acceptors (Lipinski definition) is 4. The van der Waals surface area contributed by atoms with Crippen LogP contribution in [-0.2, 0) is 9.59 Å². The molecule has 0 radical (unpaired) electrons. The number of nitrogens with zero attached hydrogens (tertiary/aromatic N) is 3. The highest BCUT2D eigenvalue weighted by Gasteiger charge is 2.31. The number of halogens is 1. The Balaban J connectivity index is 1.52. The lowest BCUT2D eigenvalue weighted by Crippen LogP contribution is -2.50. The van der Waals surface area contributed by atoms with Gasteiger partial charge in [0.1, 0.15) is 5.75 Å². The number of rotatable bonds is 6. The van der Waals surface area contributed by atoms with Crippen LogP contribution in [0.1, 0.15) is 13.0 Å². The molecule has 8 heteroatoms. The molecule has 7 nitrogen and oxygen atoms in total. The van der Waals surface area contributed by atoms with Gasteiger partial charge in [-0.3, -0.25) is 14.3 Å². The van der Waals surface area contributed by atoms with Gasteiger partial charge in [0.05, 0.1) is 6.04 Å². The van der Waals surface area contributed by atoms with Gasteiger partial charge in [-0.2, -0.15) is 5.10 Å². The van der Waals surface area contributed by atoms with Crippen molar-refractivity contribution in [2.45, 2.75) is 19.1 Å². The summed E-state index contributed by atoms with van der Waals surface area (Å²) in [7, 11) is 0. The van der Waals surface area contributed by atoms with Crippen LogP contribution < -0.4 is 10.1 Å². The van der Waals surface area contributed by atoms with Crippen LogP contribution in [-0.4, -0.2) is 45.7 Å². The van der Waals surface area contributed by atoms with Crippen LogP contribution in [0.5, 0.6) is 5.75 Å². The molecule has 3 rings (SSSR count). The Morgan fingerprint density at radius 1 is 1.35 bits per heavy atom. The third-order valence-electron chi connectivity index (χ3n) is 4.08. The average Bonchev–Trinajstić information content (AvgIpc) is 3.03. The van der Waals surface area contributed by atoms with Crippen molar-refractivity contribution in [2.75, 3.05) is 18.4 Å². The summed E-state index contributed by atoms with van der Waals surface area (Å²) in [4.78, 5) is 25.4. The summed E-state index contributed by atoms with van der Waals surface area (Å²) in [6, 6.07) is 8.61. The first-order chi connectivity index (χ1) is 12.5. The minimum atomic E-state index is -0.689. The molecule has 136 valence electrons. The fourth-order valence-electron chi connectivity index (χ4n) is 2.54. The second kappa shape index (κ2) is 7.61. The van der Waals surface area contributed by atoms with E-state index in [2.05, 4.69) is 17.0 Å². The van der Waals surface area contributed by atoms with Crippen molar-refractivity contribution >= 4 is 29.2 Å². The second-order valence-electron chi connectivity index (χ2n) is 5.99. The predicted octanol–water partition coefficient (Wildman–Crippen LogP) is 2.51. The minimum absolute atomic E-state index is 0.0879. The van der Waals surface area contributed by atoms with Crippen molar-refractivity contribution in [3.05, 3.63) is 54.2 Å². The molecule has 1 aliphatic rings. The van der Waals surface area contributed by atoms with Crippen molar-refractivity contribution in [1.82, 2.24) is 14.7 Å². The molecule has 1 aromatic heterocycles. The van der Waals surface area contributed by atoms with Crippen molar-refractivity contribution < 1.29 is 14.3 Å². The second-order valence-corrected chi connectivity index (χ2v) is 6.42. The summed E-state index contributed by atoms with van der Waals surface area (Å²) in [5.74, 6) is 0.608. The molecule has 26 heavy (non-hydrogen) atoms. The molecule has 1 aliphatic heterocycles. The van der Waals surface area contributed by atoms with Crippen LogP contribution in [0.3, 0.4) is 0 Å². The molecule has 0 spiro atoms. The number of nitrogens with one attached hydrogen (secondary N) is 1. The maximum absolute atomic E-state index is 12.3. The largest absolute Gasteiger partial charge is 0.481 e. The summed E-state index contributed by atoms with van der Waals surface area (Å²) in [6.45, 7) is 6.29. The van der Waals surface area contributed by atoms with E-state index in [4.69, 9.17) is 16.3 Å². The van der Waals surface area contributed by atoms with Gasteiger partial charge >= 0.3 is 0 Å². The van der Waals surface area contributed by atoms with E-state index in [1.807, 2.05) is 0 Å². The molecule has 1 atom stereocenters. The van der Waals surface area contributed by atoms with Crippen molar-refractivity contribution in [2.24, 2.45) is 0 Å². The molecule has 1 saturated heterocycles. The first kappa shape index (κ1) is 18.0. The fourth-order valence-corrected chi connectivity index (χ4v) is 2.66. The smallest absolute Gasteiger partial charge is 0.266 e. The third kappa shape index (κ3) is 4.05. The standard InChI is InChI=1S/C18H19ClN4O3/c1-3-17(24)22-10-14(11-22)23-9-8-16(21-23)20-18(25)12(2)26-15-6-4-13(19)5-7-15/h3-9,12,14H,1,10-11H2,2H3,(H,20,21,25). The van der Waals surface area contributed by atoms with E-state index in [0.29, 0.717) is 29.7 Å². The normalized spacial score (nSPS) is 15.1. The zero-order valence-corrected chi connectivity index (χ0v) is 15.0. The molecular formula is C18H19ClN4O3. The molecule has 0 aliphatic carbocycles. The first-order valence-corrected chi connectivity index (χ1v) is 8.53. The molecule has 2 amide bonds. The van der Waals surface area contributed by atoms with Gasteiger partial charge in [0.2, 0.25) is 5.91 Å². The molecule has 1 unspecified atom stereocenters. The Labute approximate surface area is 156 Å². The minimum Gasteiger partial charge on any atom is -0.481 e. The Morgan fingerprint density at radius 2 is 2.04 bits per heavy atom. The maximum atomic E-state index is 12.3. The Hall–Kier alpha value is -2.80. The quantitative estimate of drug-likeness (QED) is 0.788. The Bertz CT molecular complexity index is 812. The van der Waals surface area contributed by atoms with Gasteiger partial charge in [-0.05, 0) is 37.3 Å². The number of amides is 2. The number of ether oxygens (including phenoxy) is 1. The lowest BCUT2D eigenvalue weighted by Gasteiger charge is -2.38. The van der Waals surface area contributed by atoms with Gasteiger partial charge in [-0.1, -0.05) is 18.2 Å². The summed E-state index contributed by atoms with van der Waals surface area (Å²) >= 11 is 5.83. The number of benzene rings is 1. The van der Waals surface area contributed by atoms with Gasteiger partial charge in [-0.25, -0.2) is 0 Å². The number of hydrogen-bond donors (Lipinski definition) is 1. The summed E-state index contributed by atoms with van der Waals surface area (Å²) < 4.78 is 7.33. The van der Waals surface area contributed by atoms with Gasteiger partial charge in [-0.15, -0.1) is 0 Å². The van der Waals surface area contributed by atoms with E-state index in [1.54, 1.807) is 53.0 Å². The third-order valence-corrected chi connectivity index (χ3v) is 4.33. The van der Waals surface area contributed by atoms with Crippen LogP contribution >= 0.6 is 11.6 Å². The predicted molar refractivity (Wildman–Crippen MR) is 98.2 cm³/mol. The van der Waals surface area contributed by atoms with Crippen molar-refractivity contribution in [3.63, 3.8) is 0 Å². The Morgan fingerprint density at radius 3 is 2.69 bits per heavy atom.